The van der Waals surface area contributed by atoms with Crippen molar-refractivity contribution in [3.63, 3.8) is 0 Å². The number of ether oxygens (including phenoxy) is 1. The van der Waals surface area contributed by atoms with Crippen molar-refractivity contribution >= 4 is 17.5 Å². The molecule has 1 atom stereocenters. The first-order valence-corrected chi connectivity index (χ1v) is 8.15. The van der Waals surface area contributed by atoms with E-state index in [1.54, 1.807) is 13.2 Å². The number of hydrogen-bond donors (Lipinski definition) is 3. The van der Waals surface area contributed by atoms with Crippen LogP contribution in [0.15, 0.2) is 18.2 Å². The van der Waals surface area contributed by atoms with Gasteiger partial charge in [0.15, 0.2) is 0 Å². The number of benzene rings is 1. The standard InChI is InChI=1S/C17H26N4O3/c1-12-4-5-15(24-3)14(8-12)20-16(22)10-19-17(23)11-21-7-6-18-9-13(21)2/h4-5,8,13,18H,6-7,9-11H2,1-3H3,(H,19,23)(H,20,22)/t13-/m1/s1. The van der Waals surface area contributed by atoms with Crippen molar-refractivity contribution in [1.82, 2.24) is 15.5 Å². The van der Waals surface area contributed by atoms with E-state index in [1.165, 1.54) is 0 Å². The van der Waals surface area contributed by atoms with Crippen molar-refractivity contribution in [1.29, 1.82) is 0 Å². The normalized spacial score (nSPS) is 18.0. The minimum Gasteiger partial charge on any atom is -0.495 e. The number of carbonyl (C=O) groups excluding carboxylic acids is 2. The van der Waals surface area contributed by atoms with Crippen LogP contribution in [0, 0.1) is 6.92 Å². The molecule has 0 aromatic heterocycles. The lowest BCUT2D eigenvalue weighted by Gasteiger charge is -2.33. The molecule has 0 saturated carbocycles. The van der Waals surface area contributed by atoms with Gasteiger partial charge in [0.25, 0.3) is 0 Å². The molecule has 0 radical (unpaired) electrons. The predicted octanol–water partition coefficient (Wildman–Crippen LogP) is 0.352. The highest BCUT2D eigenvalue weighted by Gasteiger charge is 2.20. The van der Waals surface area contributed by atoms with Crippen LogP contribution in [0.25, 0.3) is 0 Å². The Balaban J connectivity index is 1.80. The Labute approximate surface area is 142 Å². The third-order valence-corrected chi connectivity index (χ3v) is 4.06. The van der Waals surface area contributed by atoms with Crippen LogP contribution >= 0.6 is 0 Å². The van der Waals surface area contributed by atoms with Crippen LogP contribution in [0.4, 0.5) is 5.69 Å². The fourth-order valence-corrected chi connectivity index (χ4v) is 2.65. The minimum atomic E-state index is -0.277. The Morgan fingerprint density at radius 3 is 2.88 bits per heavy atom. The number of aryl methyl sites for hydroxylation is 1. The number of nitrogens with one attached hydrogen (secondary N) is 3. The monoisotopic (exact) mass is 334 g/mol. The molecule has 0 unspecified atom stereocenters. The second-order valence-corrected chi connectivity index (χ2v) is 6.05. The first kappa shape index (κ1) is 18.2. The fourth-order valence-electron chi connectivity index (χ4n) is 2.65. The molecule has 1 aromatic carbocycles. The zero-order valence-corrected chi connectivity index (χ0v) is 14.5. The summed E-state index contributed by atoms with van der Waals surface area (Å²) in [7, 11) is 1.55. The highest BCUT2D eigenvalue weighted by atomic mass is 16.5. The molecule has 7 nitrogen and oxygen atoms in total. The van der Waals surface area contributed by atoms with E-state index in [2.05, 4.69) is 27.8 Å². The smallest absolute Gasteiger partial charge is 0.243 e. The Hall–Kier alpha value is -2.12. The minimum absolute atomic E-state index is 0.0591. The Morgan fingerprint density at radius 1 is 1.38 bits per heavy atom. The molecular formula is C17H26N4O3. The molecule has 2 amide bonds. The van der Waals surface area contributed by atoms with E-state index in [0.717, 1.165) is 25.2 Å². The van der Waals surface area contributed by atoms with E-state index >= 15 is 0 Å². The summed E-state index contributed by atoms with van der Waals surface area (Å²) in [5.41, 5.74) is 1.62. The summed E-state index contributed by atoms with van der Waals surface area (Å²) in [6.07, 6.45) is 0. The summed E-state index contributed by atoms with van der Waals surface area (Å²) in [4.78, 5) is 26.2. The van der Waals surface area contributed by atoms with Gasteiger partial charge in [-0.15, -0.1) is 0 Å². The highest BCUT2D eigenvalue weighted by Crippen LogP contribution is 2.24. The molecule has 7 heteroatoms. The average Bonchev–Trinajstić information content (AvgIpc) is 2.55. The van der Waals surface area contributed by atoms with Crippen LogP contribution in [0.3, 0.4) is 0 Å². The number of anilines is 1. The Bertz CT molecular complexity index is 591. The summed E-state index contributed by atoms with van der Waals surface area (Å²) in [6, 6.07) is 5.86. The van der Waals surface area contributed by atoms with Gasteiger partial charge in [0.05, 0.1) is 25.9 Å². The molecular weight excluding hydrogens is 308 g/mol. The lowest BCUT2D eigenvalue weighted by Crippen LogP contribution is -2.53. The van der Waals surface area contributed by atoms with Crippen LogP contribution in [0.1, 0.15) is 12.5 Å². The lowest BCUT2D eigenvalue weighted by molar-refractivity contribution is -0.125. The average molecular weight is 334 g/mol. The van der Waals surface area contributed by atoms with Crippen LogP contribution in [-0.4, -0.2) is 62.6 Å². The second kappa shape index (κ2) is 8.65. The summed E-state index contributed by atoms with van der Waals surface area (Å²) >= 11 is 0. The van der Waals surface area contributed by atoms with Crippen LogP contribution in [0.2, 0.25) is 0 Å². The molecule has 1 saturated heterocycles. The summed E-state index contributed by atoms with van der Waals surface area (Å²) in [5, 5.41) is 8.72. The van der Waals surface area contributed by atoms with Gasteiger partial charge in [0.2, 0.25) is 11.8 Å². The molecule has 1 aliphatic heterocycles. The number of amides is 2. The number of hydrogen-bond acceptors (Lipinski definition) is 5. The predicted molar refractivity (Wildman–Crippen MR) is 93.3 cm³/mol. The molecule has 1 fully saturated rings. The quantitative estimate of drug-likeness (QED) is 0.699. The van der Waals surface area contributed by atoms with Crippen molar-refractivity contribution in [2.75, 3.05) is 45.2 Å². The lowest BCUT2D eigenvalue weighted by atomic mass is 10.2. The van der Waals surface area contributed by atoms with E-state index in [9.17, 15) is 9.59 Å². The first-order chi connectivity index (χ1) is 11.5. The van der Waals surface area contributed by atoms with Crippen molar-refractivity contribution in [3.05, 3.63) is 23.8 Å². The van der Waals surface area contributed by atoms with Crippen molar-refractivity contribution in [2.24, 2.45) is 0 Å². The number of methoxy groups -OCH3 is 1. The van der Waals surface area contributed by atoms with E-state index in [4.69, 9.17) is 4.74 Å². The SMILES string of the molecule is COc1ccc(C)cc1NC(=O)CNC(=O)CN1CCNC[C@H]1C. The largest absolute Gasteiger partial charge is 0.495 e. The van der Waals surface area contributed by atoms with Gasteiger partial charge < -0.3 is 20.7 Å². The van der Waals surface area contributed by atoms with Crippen LogP contribution < -0.4 is 20.7 Å². The van der Waals surface area contributed by atoms with Crippen molar-refractivity contribution in [2.45, 2.75) is 19.9 Å². The summed E-state index contributed by atoms with van der Waals surface area (Å²) in [5.74, 6) is 0.172. The van der Waals surface area contributed by atoms with Gasteiger partial charge in [-0.25, -0.2) is 0 Å². The maximum atomic E-state index is 12.0. The van der Waals surface area contributed by atoms with Crippen LogP contribution in [-0.2, 0) is 9.59 Å². The third kappa shape index (κ3) is 5.21. The maximum Gasteiger partial charge on any atom is 0.243 e. The molecule has 2 rings (SSSR count). The molecule has 0 spiro atoms. The van der Waals surface area contributed by atoms with E-state index < -0.39 is 0 Å². The third-order valence-electron chi connectivity index (χ3n) is 4.06. The molecule has 0 aliphatic carbocycles. The molecule has 0 bridgehead atoms. The van der Waals surface area contributed by atoms with Gasteiger partial charge in [0, 0.05) is 25.7 Å². The second-order valence-electron chi connectivity index (χ2n) is 6.05. The van der Waals surface area contributed by atoms with E-state index in [0.29, 0.717) is 24.0 Å². The van der Waals surface area contributed by atoms with Gasteiger partial charge >= 0.3 is 0 Å². The zero-order chi connectivity index (χ0) is 17.5. The van der Waals surface area contributed by atoms with Crippen molar-refractivity contribution < 1.29 is 14.3 Å². The fraction of sp³-hybridized carbons (Fsp3) is 0.529. The van der Waals surface area contributed by atoms with E-state index in [-0.39, 0.29) is 18.4 Å². The van der Waals surface area contributed by atoms with Crippen molar-refractivity contribution in [3.8, 4) is 5.75 Å². The van der Waals surface area contributed by atoms with Gasteiger partial charge in [-0.3, -0.25) is 14.5 Å². The molecule has 1 aliphatic rings. The number of piperazine rings is 1. The molecule has 24 heavy (non-hydrogen) atoms. The van der Waals surface area contributed by atoms with Crippen LogP contribution in [0.5, 0.6) is 5.75 Å². The molecule has 3 N–H and O–H groups in total. The number of nitrogens with zero attached hydrogens (tertiary/aromatic N) is 1. The summed E-state index contributed by atoms with van der Waals surface area (Å²) in [6.45, 7) is 6.86. The molecule has 1 heterocycles. The number of carbonyl (C=O) groups is 2. The first-order valence-electron chi connectivity index (χ1n) is 8.15. The number of rotatable bonds is 6. The Kier molecular flexibility index (Phi) is 6.57. The van der Waals surface area contributed by atoms with Gasteiger partial charge in [-0.1, -0.05) is 6.07 Å². The molecule has 1 aromatic rings. The maximum absolute atomic E-state index is 12.0. The summed E-state index contributed by atoms with van der Waals surface area (Å²) < 4.78 is 5.22. The Morgan fingerprint density at radius 2 is 2.17 bits per heavy atom. The van der Waals surface area contributed by atoms with Gasteiger partial charge in [-0.05, 0) is 31.5 Å². The van der Waals surface area contributed by atoms with E-state index in [1.807, 2.05) is 19.1 Å². The molecule has 132 valence electrons. The van der Waals surface area contributed by atoms with Gasteiger partial charge in [-0.2, -0.15) is 0 Å². The highest BCUT2D eigenvalue weighted by molar-refractivity contribution is 5.96. The van der Waals surface area contributed by atoms with Gasteiger partial charge in [0.1, 0.15) is 5.75 Å². The zero-order valence-electron chi connectivity index (χ0n) is 14.5. The topological polar surface area (TPSA) is 82.7 Å².